The largest absolute Gasteiger partial charge is 0.468 e. The normalized spacial score (nSPS) is 12.6. The van der Waals surface area contributed by atoms with Crippen LogP contribution < -0.4 is 5.32 Å². The molecule has 1 unspecified atom stereocenters. The van der Waals surface area contributed by atoms with E-state index in [4.69, 9.17) is 4.42 Å². The first-order chi connectivity index (χ1) is 7.90. The lowest BCUT2D eigenvalue weighted by molar-refractivity contribution is 0.453. The maximum absolute atomic E-state index is 5.40. The van der Waals surface area contributed by atoms with Crippen molar-refractivity contribution < 1.29 is 4.42 Å². The van der Waals surface area contributed by atoms with Crippen molar-refractivity contribution in [1.82, 2.24) is 5.32 Å². The molecule has 3 heteroatoms. The van der Waals surface area contributed by atoms with Crippen LogP contribution in [0.25, 0.3) is 0 Å². The molecule has 0 spiro atoms. The van der Waals surface area contributed by atoms with Crippen molar-refractivity contribution in [1.29, 1.82) is 0 Å². The first-order valence-electron chi connectivity index (χ1n) is 5.28. The average Bonchev–Trinajstić information content (AvgIpc) is 2.85. The quantitative estimate of drug-likeness (QED) is 0.802. The summed E-state index contributed by atoms with van der Waals surface area (Å²) < 4.78 is 5.40. The van der Waals surface area contributed by atoms with Crippen molar-refractivity contribution in [2.75, 3.05) is 12.8 Å². The zero-order valence-corrected chi connectivity index (χ0v) is 10.0. The number of furan rings is 1. The van der Waals surface area contributed by atoms with Crippen LogP contribution >= 0.6 is 11.8 Å². The molecule has 0 radical (unpaired) electrons. The Kier molecular flexibility index (Phi) is 4.08. The molecule has 2 aromatic rings. The topological polar surface area (TPSA) is 25.2 Å². The zero-order valence-electron chi connectivity index (χ0n) is 9.22. The third-order valence-corrected chi connectivity index (χ3v) is 3.50. The maximum atomic E-state index is 5.40. The van der Waals surface area contributed by atoms with Gasteiger partial charge in [0.15, 0.2) is 0 Å². The van der Waals surface area contributed by atoms with E-state index in [1.807, 2.05) is 37.0 Å². The van der Waals surface area contributed by atoms with Gasteiger partial charge in [-0.15, -0.1) is 11.8 Å². The lowest BCUT2D eigenvalue weighted by Crippen LogP contribution is -2.17. The van der Waals surface area contributed by atoms with Crippen LogP contribution in [0, 0.1) is 0 Å². The summed E-state index contributed by atoms with van der Waals surface area (Å²) in [6.07, 6.45) is 1.72. The number of rotatable bonds is 5. The van der Waals surface area contributed by atoms with E-state index in [1.165, 1.54) is 4.90 Å². The van der Waals surface area contributed by atoms with E-state index in [0.717, 1.165) is 11.5 Å². The van der Waals surface area contributed by atoms with Gasteiger partial charge < -0.3 is 9.73 Å². The molecular weight excluding hydrogens is 218 g/mol. The summed E-state index contributed by atoms with van der Waals surface area (Å²) in [6.45, 7) is 0. The molecule has 0 saturated heterocycles. The first kappa shape index (κ1) is 11.3. The van der Waals surface area contributed by atoms with Gasteiger partial charge >= 0.3 is 0 Å². The predicted octanol–water partition coefficient (Wildman–Crippen LogP) is 3.33. The third kappa shape index (κ3) is 2.90. The SMILES string of the molecule is CNC(CSc1ccccc1)c1ccco1. The molecular formula is C13H15NOS. The Hall–Kier alpha value is -1.19. The van der Waals surface area contributed by atoms with Crippen molar-refractivity contribution in [2.45, 2.75) is 10.9 Å². The van der Waals surface area contributed by atoms with Gasteiger partial charge in [0.25, 0.3) is 0 Å². The highest BCUT2D eigenvalue weighted by Gasteiger charge is 2.11. The molecule has 1 heterocycles. The van der Waals surface area contributed by atoms with Crippen LogP contribution in [0.3, 0.4) is 0 Å². The van der Waals surface area contributed by atoms with E-state index in [1.54, 1.807) is 6.26 Å². The summed E-state index contributed by atoms with van der Waals surface area (Å²) in [5.74, 6) is 1.96. The highest BCUT2D eigenvalue weighted by atomic mass is 32.2. The first-order valence-corrected chi connectivity index (χ1v) is 6.27. The molecule has 2 nitrogen and oxygen atoms in total. The lowest BCUT2D eigenvalue weighted by atomic mass is 10.2. The Bertz CT molecular complexity index is 399. The maximum Gasteiger partial charge on any atom is 0.121 e. The number of hydrogen-bond donors (Lipinski definition) is 1. The summed E-state index contributed by atoms with van der Waals surface area (Å²) >= 11 is 1.83. The van der Waals surface area contributed by atoms with E-state index >= 15 is 0 Å². The van der Waals surface area contributed by atoms with Gasteiger partial charge in [-0.3, -0.25) is 0 Å². The highest BCUT2D eigenvalue weighted by molar-refractivity contribution is 7.99. The number of benzene rings is 1. The molecule has 0 bridgehead atoms. The summed E-state index contributed by atoms with van der Waals surface area (Å²) in [5.41, 5.74) is 0. The van der Waals surface area contributed by atoms with Crippen LogP contribution in [-0.2, 0) is 0 Å². The van der Waals surface area contributed by atoms with Gasteiger partial charge in [-0.1, -0.05) is 18.2 Å². The minimum Gasteiger partial charge on any atom is -0.468 e. The average molecular weight is 233 g/mol. The van der Waals surface area contributed by atoms with E-state index in [2.05, 4.69) is 29.6 Å². The van der Waals surface area contributed by atoms with Crippen LogP contribution in [0.15, 0.2) is 58.0 Å². The Morgan fingerprint density at radius 2 is 2.00 bits per heavy atom. The highest BCUT2D eigenvalue weighted by Crippen LogP contribution is 2.24. The van der Waals surface area contributed by atoms with Gasteiger partial charge in [0.05, 0.1) is 12.3 Å². The summed E-state index contributed by atoms with van der Waals surface area (Å²) in [7, 11) is 1.96. The Morgan fingerprint density at radius 1 is 1.19 bits per heavy atom. The van der Waals surface area contributed by atoms with Crippen LogP contribution in [0.4, 0.5) is 0 Å². The number of hydrogen-bond acceptors (Lipinski definition) is 3. The second kappa shape index (κ2) is 5.77. The molecule has 1 N–H and O–H groups in total. The van der Waals surface area contributed by atoms with Gasteiger partial charge in [0.2, 0.25) is 0 Å². The van der Waals surface area contributed by atoms with Gasteiger partial charge in [-0.25, -0.2) is 0 Å². The van der Waals surface area contributed by atoms with E-state index < -0.39 is 0 Å². The van der Waals surface area contributed by atoms with Crippen molar-refractivity contribution in [3.8, 4) is 0 Å². The summed E-state index contributed by atoms with van der Waals surface area (Å²) in [6, 6.07) is 14.6. The molecule has 2 rings (SSSR count). The molecule has 0 fully saturated rings. The van der Waals surface area contributed by atoms with Crippen LogP contribution in [0.1, 0.15) is 11.8 Å². The van der Waals surface area contributed by atoms with Gasteiger partial charge in [-0.2, -0.15) is 0 Å². The third-order valence-electron chi connectivity index (χ3n) is 2.39. The number of nitrogens with one attached hydrogen (secondary N) is 1. The van der Waals surface area contributed by atoms with E-state index in [0.29, 0.717) is 0 Å². The smallest absolute Gasteiger partial charge is 0.121 e. The lowest BCUT2D eigenvalue weighted by Gasteiger charge is -2.12. The fraction of sp³-hybridized carbons (Fsp3) is 0.231. The van der Waals surface area contributed by atoms with Gasteiger partial charge in [0, 0.05) is 10.6 Å². The fourth-order valence-electron chi connectivity index (χ4n) is 1.49. The molecule has 0 amide bonds. The minimum atomic E-state index is 0.264. The van der Waals surface area contributed by atoms with Crippen LogP contribution in [0.5, 0.6) is 0 Å². The molecule has 0 aliphatic carbocycles. The second-order valence-corrected chi connectivity index (χ2v) is 4.57. The molecule has 1 aromatic heterocycles. The van der Waals surface area contributed by atoms with Crippen molar-refractivity contribution in [3.05, 3.63) is 54.5 Å². The molecule has 1 atom stereocenters. The Balaban J connectivity index is 1.94. The van der Waals surface area contributed by atoms with Crippen molar-refractivity contribution >= 4 is 11.8 Å². The van der Waals surface area contributed by atoms with Gasteiger partial charge in [0.1, 0.15) is 5.76 Å². The molecule has 0 aliphatic heterocycles. The van der Waals surface area contributed by atoms with E-state index in [9.17, 15) is 0 Å². The minimum absolute atomic E-state index is 0.264. The van der Waals surface area contributed by atoms with Crippen molar-refractivity contribution in [2.24, 2.45) is 0 Å². The molecule has 0 aliphatic rings. The Labute approximate surface area is 100 Å². The molecule has 0 saturated carbocycles. The summed E-state index contributed by atoms with van der Waals surface area (Å²) in [5, 5.41) is 3.26. The van der Waals surface area contributed by atoms with E-state index in [-0.39, 0.29) is 6.04 Å². The fourth-order valence-corrected chi connectivity index (χ4v) is 2.53. The predicted molar refractivity (Wildman–Crippen MR) is 67.7 cm³/mol. The molecule has 84 valence electrons. The number of thioether (sulfide) groups is 1. The van der Waals surface area contributed by atoms with Crippen LogP contribution in [0.2, 0.25) is 0 Å². The van der Waals surface area contributed by atoms with Crippen LogP contribution in [-0.4, -0.2) is 12.8 Å². The zero-order chi connectivity index (χ0) is 11.2. The second-order valence-electron chi connectivity index (χ2n) is 3.48. The molecule has 1 aromatic carbocycles. The molecule has 16 heavy (non-hydrogen) atoms. The monoisotopic (exact) mass is 233 g/mol. The standard InChI is InChI=1S/C13H15NOS/c1-14-12(13-8-5-9-15-13)10-16-11-6-3-2-4-7-11/h2-9,12,14H,10H2,1H3. The van der Waals surface area contributed by atoms with Gasteiger partial charge in [-0.05, 0) is 31.3 Å². The summed E-state index contributed by atoms with van der Waals surface area (Å²) in [4.78, 5) is 1.29. The Morgan fingerprint density at radius 3 is 2.62 bits per heavy atom. The van der Waals surface area contributed by atoms with Crippen molar-refractivity contribution in [3.63, 3.8) is 0 Å².